The molecule has 5 heteroatoms. The van der Waals surface area contributed by atoms with Gasteiger partial charge in [-0.05, 0) is 46.8 Å². The van der Waals surface area contributed by atoms with E-state index in [0.29, 0.717) is 15.7 Å². The van der Waals surface area contributed by atoms with Gasteiger partial charge in [-0.1, -0.05) is 64.7 Å². The van der Waals surface area contributed by atoms with Crippen LogP contribution in [0.5, 0.6) is 0 Å². The van der Waals surface area contributed by atoms with Gasteiger partial charge in [0.1, 0.15) is 5.69 Å². The molecule has 0 atom stereocenters. The van der Waals surface area contributed by atoms with E-state index < -0.39 is 0 Å². The van der Waals surface area contributed by atoms with Gasteiger partial charge in [-0.25, -0.2) is 0 Å². The molecule has 1 aliphatic rings. The summed E-state index contributed by atoms with van der Waals surface area (Å²) in [5.74, 6) is 0.0944. The van der Waals surface area contributed by atoms with Gasteiger partial charge in [0.05, 0.1) is 11.2 Å². The molecule has 0 unspecified atom stereocenters. The van der Waals surface area contributed by atoms with Crippen LogP contribution in [0.1, 0.15) is 41.5 Å². The van der Waals surface area contributed by atoms with Gasteiger partial charge in [0, 0.05) is 16.2 Å². The average molecular weight is 391 g/mol. The summed E-state index contributed by atoms with van der Waals surface area (Å²) in [7, 11) is 0. The van der Waals surface area contributed by atoms with E-state index in [9.17, 15) is 4.79 Å². The Morgan fingerprint density at radius 2 is 1.46 bits per heavy atom. The second-order valence-electron chi connectivity index (χ2n) is 8.39. The number of halogens is 2. The third-order valence-corrected chi connectivity index (χ3v) is 4.56. The highest BCUT2D eigenvalue weighted by atomic mass is 35.5. The van der Waals surface area contributed by atoms with E-state index in [1.807, 2.05) is 53.7 Å². The lowest BCUT2D eigenvalue weighted by molar-refractivity contribution is -0.114. The van der Waals surface area contributed by atoms with Crippen LogP contribution in [0.4, 0.5) is 5.69 Å². The van der Waals surface area contributed by atoms with Crippen molar-refractivity contribution in [1.82, 2.24) is 0 Å². The van der Waals surface area contributed by atoms with Gasteiger partial charge in [-0.3, -0.25) is 4.79 Å². The van der Waals surface area contributed by atoms with Crippen molar-refractivity contribution in [3.8, 4) is 0 Å². The summed E-state index contributed by atoms with van der Waals surface area (Å²) in [5, 5.41) is 9.31. The van der Waals surface area contributed by atoms with Crippen LogP contribution in [0.25, 0.3) is 0 Å². The van der Waals surface area contributed by atoms with Crippen molar-refractivity contribution < 1.29 is 4.79 Å². The Labute approximate surface area is 165 Å². The fraction of sp³-hybridized carbons (Fsp3) is 0.381. The maximum atomic E-state index is 12.9. The van der Waals surface area contributed by atoms with E-state index in [1.54, 1.807) is 24.4 Å². The molecule has 0 saturated heterocycles. The lowest BCUT2D eigenvalue weighted by atomic mass is 9.72. The van der Waals surface area contributed by atoms with Crippen LogP contribution in [-0.4, -0.2) is 5.78 Å². The summed E-state index contributed by atoms with van der Waals surface area (Å²) < 4.78 is 0. The highest BCUT2D eigenvalue weighted by molar-refractivity contribution is 6.35. The lowest BCUT2D eigenvalue weighted by Crippen LogP contribution is -2.27. The third-order valence-electron chi connectivity index (χ3n) is 4.01. The first-order chi connectivity index (χ1) is 11.9. The van der Waals surface area contributed by atoms with E-state index in [0.717, 1.165) is 16.7 Å². The Balaban J connectivity index is 2.44. The lowest BCUT2D eigenvalue weighted by Gasteiger charge is -2.31. The largest absolute Gasteiger partial charge is 0.289 e. The van der Waals surface area contributed by atoms with Crippen molar-refractivity contribution in [2.45, 2.75) is 41.5 Å². The average Bonchev–Trinajstić information content (AvgIpc) is 2.49. The number of ketones is 1. The van der Waals surface area contributed by atoms with E-state index >= 15 is 0 Å². The molecule has 26 heavy (non-hydrogen) atoms. The minimum absolute atomic E-state index is 0.0944. The molecule has 0 aromatic heterocycles. The molecule has 3 nitrogen and oxygen atoms in total. The molecule has 2 rings (SSSR count). The van der Waals surface area contributed by atoms with Crippen molar-refractivity contribution in [3.63, 3.8) is 0 Å². The van der Waals surface area contributed by atoms with Crippen LogP contribution in [0.2, 0.25) is 10.0 Å². The van der Waals surface area contributed by atoms with E-state index in [4.69, 9.17) is 23.2 Å². The fourth-order valence-electron chi connectivity index (χ4n) is 2.56. The highest BCUT2D eigenvalue weighted by Gasteiger charge is 2.33. The molecule has 138 valence electrons. The number of hydrogen-bond acceptors (Lipinski definition) is 3. The third kappa shape index (κ3) is 4.93. The van der Waals surface area contributed by atoms with Gasteiger partial charge in [0.2, 0.25) is 0 Å². The van der Waals surface area contributed by atoms with Crippen LogP contribution >= 0.6 is 23.2 Å². The zero-order valence-electron chi connectivity index (χ0n) is 16.0. The summed E-state index contributed by atoms with van der Waals surface area (Å²) in [6.07, 6.45) is 5.41. The van der Waals surface area contributed by atoms with Gasteiger partial charge in [0.15, 0.2) is 5.78 Å². The minimum Gasteiger partial charge on any atom is -0.289 e. The molecule has 0 N–H and O–H groups in total. The Kier molecular flexibility index (Phi) is 5.94. The van der Waals surface area contributed by atoms with E-state index in [2.05, 4.69) is 10.2 Å². The Morgan fingerprint density at radius 1 is 0.923 bits per heavy atom. The summed E-state index contributed by atoms with van der Waals surface area (Å²) in [6, 6.07) is 5.04. The van der Waals surface area contributed by atoms with Crippen molar-refractivity contribution in [2.24, 2.45) is 21.1 Å². The molecule has 1 aromatic rings. The molecule has 0 spiro atoms. The molecule has 0 aliphatic heterocycles. The maximum Gasteiger partial charge on any atom is 0.186 e. The van der Waals surface area contributed by atoms with Crippen molar-refractivity contribution in [3.05, 3.63) is 63.3 Å². The van der Waals surface area contributed by atoms with E-state index in [1.165, 1.54) is 0 Å². The zero-order valence-corrected chi connectivity index (χ0v) is 17.5. The quantitative estimate of drug-likeness (QED) is 0.482. The Morgan fingerprint density at radius 3 is 1.96 bits per heavy atom. The molecule has 0 saturated carbocycles. The standard InChI is InChI=1S/C21H24Cl2N2O/c1-20(2,3)15-9-13(10-16(19(15)26)21(4,5)6)12-24-25-18-11-14(22)7-8-17(18)23/h7-12H,1-6H3. The van der Waals surface area contributed by atoms with Crippen LogP contribution in [0.3, 0.4) is 0 Å². The Hall–Kier alpha value is -1.71. The smallest absolute Gasteiger partial charge is 0.186 e. The van der Waals surface area contributed by atoms with E-state index in [-0.39, 0.29) is 16.6 Å². The topological polar surface area (TPSA) is 41.8 Å². The van der Waals surface area contributed by atoms with Gasteiger partial charge < -0.3 is 0 Å². The van der Waals surface area contributed by atoms with Crippen LogP contribution < -0.4 is 0 Å². The number of allylic oxidation sites excluding steroid dienone is 5. The first-order valence-corrected chi connectivity index (χ1v) is 9.20. The van der Waals surface area contributed by atoms with Crippen molar-refractivity contribution >= 4 is 34.7 Å². The summed E-state index contributed by atoms with van der Waals surface area (Å²) >= 11 is 12.1. The number of nitrogens with zero attached hydrogens (tertiary/aromatic N) is 2. The van der Waals surface area contributed by atoms with Crippen molar-refractivity contribution in [2.75, 3.05) is 0 Å². The monoisotopic (exact) mass is 390 g/mol. The van der Waals surface area contributed by atoms with Crippen molar-refractivity contribution in [1.29, 1.82) is 0 Å². The number of azo groups is 1. The molecule has 1 aromatic carbocycles. The Bertz CT molecular complexity index is 812. The molecule has 0 fully saturated rings. The second-order valence-corrected chi connectivity index (χ2v) is 9.23. The van der Waals surface area contributed by atoms with Crippen LogP contribution in [0.15, 0.2) is 63.5 Å². The molecule has 1 aliphatic carbocycles. The number of Topliss-reactive ketones (excluding diaryl/α,β-unsaturated/α-hetero) is 1. The number of carbonyl (C=O) groups excluding carboxylic acids is 1. The summed E-state index contributed by atoms with van der Waals surface area (Å²) in [5.41, 5.74) is 2.37. The van der Waals surface area contributed by atoms with Gasteiger partial charge in [-0.2, -0.15) is 5.11 Å². The number of rotatable bonds is 2. The molecule has 0 radical (unpaired) electrons. The summed E-state index contributed by atoms with van der Waals surface area (Å²) in [6.45, 7) is 12.2. The molecular formula is C21H24Cl2N2O. The molecule has 0 amide bonds. The normalized spacial score (nSPS) is 16.0. The highest BCUT2D eigenvalue weighted by Crippen LogP contribution is 2.39. The summed E-state index contributed by atoms with van der Waals surface area (Å²) in [4.78, 5) is 12.9. The SMILES string of the molecule is CC(C)(C)C1=CC(=CN=Nc2cc(Cl)ccc2Cl)C=C(C(C)(C)C)C1=O. The first kappa shape index (κ1) is 20.6. The van der Waals surface area contributed by atoms with Gasteiger partial charge in [0.25, 0.3) is 0 Å². The van der Waals surface area contributed by atoms with Gasteiger partial charge >= 0.3 is 0 Å². The maximum absolute atomic E-state index is 12.9. The minimum atomic E-state index is -0.256. The molecule has 0 bridgehead atoms. The molecular weight excluding hydrogens is 367 g/mol. The predicted octanol–water partition coefficient (Wildman–Crippen LogP) is 7.49. The predicted molar refractivity (Wildman–Crippen MR) is 109 cm³/mol. The number of hydrogen-bond donors (Lipinski definition) is 0. The molecule has 0 heterocycles. The fourth-order valence-corrected chi connectivity index (χ4v) is 2.88. The van der Waals surface area contributed by atoms with Crippen LogP contribution in [0, 0.1) is 10.8 Å². The van der Waals surface area contributed by atoms with Crippen LogP contribution in [-0.2, 0) is 4.79 Å². The zero-order chi connectivity index (χ0) is 19.7. The number of benzene rings is 1. The first-order valence-electron chi connectivity index (χ1n) is 8.45. The second kappa shape index (κ2) is 7.50. The van der Waals surface area contributed by atoms with Gasteiger partial charge in [-0.15, -0.1) is 5.11 Å². The number of carbonyl (C=O) groups is 1.